The molecule has 3 atom stereocenters. The number of amides is 3. The van der Waals surface area contributed by atoms with Crippen molar-refractivity contribution in [3.63, 3.8) is 0 Å². The molecular weight excluding hydrogens is 406 g/mol. The second-order valence-corrected chi connectivity index (χ2v) is 8.07. The zero-order chi connectivity index (χ0) is 22.7. The molecule has 0 saturated heterocycles. The van der Waals surface area contributed by atoms with E-state index in [2.05, 4.69) is 19.2 Å². The van der Waals surface area contributed by atoms with E-state index in [1.165, 1.54) is 12.1 Å². The zero-order valence-corrected chi connectivity index (χ0v) is 17.5. The average molecular weight is 431 g/mol. The van der Waals surface area contributed by atoms with Gasteiger partial charge in [0.2, 0.25) is 0 Å². The minimum absolute atomic E-state index is 0.0455. The Kier molecular flexibility index (Phi) is 6.67. The van der Waals surface area contributed by atoms with E-state index in [-0.39, 0.29) is 30.1 Å². The fraction of sp³-hybridized carbons (Fsp3) is 0.524. The molecule has 10 heteroatoms. The number of fused-ring (bicyclic) bond motifs is 1. The van der Waals surface area contributed by atoms with Crippen molar-refractivity contribution in [1.29, 1.82) is 0 Å². The SMILES string of the molecule is C[C@H]1[C@H](C)CCC[C@@H]1NC(=O)COC(=O)CCN1C(=O)c2cccc([N+](=O)[O-])c2C1=O. The molecule has 3 amide bonds. The lowest BCUT2D eigenvalue weighted by Gasteiger charge is -2.34. The summed E-state index contributed by atoms with van der Waals surface area (Å²) in [5.74, 6) is -1.81. The molecule has 0 spiro atoms. The Balaban J connectivity index is 1.49. The number of nitro benzene ring substituents is 1. The van der Waals surface area contributed by atoms with Crippen molar-refractivity contribution >= 4 is 29.4 Å². The molecule has 10 nitrogen and oxygen atoms in total. The lowest BCUT2D eigenvalue weighted by molar-refractivity contribution is -0.385. The highest BCUT2D eigenvalue weighted by molar-refractivity contribution is 6.23. The van der Waals surface area contributed by atoms with Crippen LogP contribution in [0.15, 0.2) is 18.2 Å². The number of nitrogens with one attached hydrogen (secondary N) is 1. The molecular formula is C21H25N3O7. The van der Waals surface area contributed by atoms with Crippen LogP contribution >= 0.6 is 0 Å². The van der Waals surface area contributed by atoms with E-state index in [9.17, 15) is 29.3 Å². The van der Waals surface area contributed by atoms with Crippen LogP contribution in [0.1, 0.15) is 60.2 Å². The summed E-state index contributed by atoms with van der Waals surface area (Å²) < 4.78 is 4.97. The van der Waals surface area contributed by atoms with Crippen LogP contribution in [-0.2, 0) is 14.3 Å². The van der Waals surface area contributed by atoms with E-state index in [0.717, 1.165) is 30.2 Å². The monoisotopic (exact) mass is 431 g/mol. The van der Waals surface area contributed by atoms with Gasteiger partial charge in [-0.15, -0.1) is 0 Å². The number of imide groups is 1. The quantitative estimate of drug-likeness (QED) is 0.302. The molecule has 1 aliphatic heterocycles. The Morgan fingerprint density at radius 3 is 2.68 bits per heavy atom. The number of hydrogen-bond acceptors (Lipinski definition) is 7. The molecule has 1 aromatic carbocycles. The predicted molar refractivity (Wildman–Crippen MR) is 108 cm³/mol. The van der Waals surface area contributed by atoms with Crippen molar-refractivity contribution in [1.82, 2.24) is 10.2 Å². The summed E-state index contributed by atoms with van der Waals surface area (Å²) in [5.41, 5.74) is -0.798. The number of rotatable bonds is 7. The van der Waals surface area contributed by atoms with Gasteiger partial charge in [-0.3, -0.25) is 34.2 Å². The number of ether oxygens (including phenoxy) is 1. The Bertz CT molecular complexity index is 930. The van der Waals surface area contributed by atoms with E-state index in [1.807, 2.05) is 0 Å². The molecule has 0 radical (unpaired) electrons. The lowest BCUT2D eigenvalue weighted by atomic mass is 9.78. The number of carbonyl (C=O) groups excluding carboxylic acids is 4. The maximum atomic E-state index is 12.5. The highest BCUT2D eigenvalue weighted by Gasteiger charge is 2.40. The number of hydrogen-bond donors (Lipinski definition) is 1. The lowest BCUT2D eigenvalue weighted by Crippen LogP contribution is -2.45. The summed E-state index contributed by atoms with van der Waals surface area (Å²) >= 11 is 0. The first-order valence-corrected chi connectivity index (χ1v) is 10.3. The minimum Gasteiger partial charge on any atom is -0.456 e. The third-order valence-corrected chi connectivity index (χ3v) is 6.13. The molecule has 166 valence electrons. The number of nitro groups is 1. The zero-order valence-electron chi connectivity index (χ0n) is 17.5. The maximum absolute atomic E-state index is 12.5. The first kappa shape index (κ1) is 22.4. The van der Waals surface area contributed by atoms with Gasteiger partial charge in [0.25, 0.3) is 23.4 Å². The number of carbonyl (C=O) groups is 4. The summed E-state index contributed by atoms with van der Waals surface area (Å²) in [6, 6.07) is 3.85. The normalized spacial score (nSPS) is 22.8. The molecule has 1 saturated carbocycles. The van der Waals surface area contributed by atoms with Crippen LogP contribution in [0.3, 0.4) is 0 Å². The van der Waals surface area contributed by atoms with Crippen LogP contribution in [0.25, 0.3) is 0 Å². The van der Waals surface area contributed by atoms with Gasteiger partial charge in [0.05, 0.1) is 16.9 Å². The van der Waals surface area contributed by atoms with Crippen LogP contribution in [0.5, 0.6) is 0 Å². The number of nitrogens with zero attached hydrogens (tertiary/aromatic N) is 2. The smallest absolute Gasteiger partial charge is 0.308 e. The van der Waals surface area contributed by atoms with Crippen LogP contribution in [-0.4, -0.2) is 52.7 Å². The molecule has 1 aliphatic carbocycles. The van der Waals surface area contributed by atoms with Gasteiger partial charge in [0.15, 0.2) is 6.61 Å². The second-order valence-electron chi connectivity index (χ2n) is 8.07. The minimum atomic E-state index is -0.821. The summed E-state index contributed by atoms with van der Waals surface area (Å²) in [6.07, 6.45) is 2.73. The summed E-state index contributed by atoms with van der Waals surface area (Å²) in [4.78, 5) is 60.2. The third-order valence-electron chi connectivity index (χ3n) is 6.13. The predicted octanol–water partition coefficient (Wildman–Crippen LogP) is 2.06. The van der Waals surface area contributed by atoms with E-state index in [4.69, 9.17) is 4.74 Å². The van der Waals surface area contributed by atoms with Crippen molar-refractivity contribution in [3.05, 3.63) is 39.4 Å². The number of esters is 1. The van der Waals surface area contributed by atoms with Crippen molar-refractivity contribution in [2.75, 3.05) is 13.2 Å². The molecule has 1 aromatic rings. The van der Waals surface area contributed by atoms with Crippen molar-refractivity contribution in [3.8, 4) is 0 Å². The van der Waals surface area contributed by atoms with Gasteiger partial charge in [-0.1, -0.05) is 32.8 Å². The van der Waals surface area contributed by atoms with E-state index < -0.39 is 40.9 Å². The Labute approximate surface area is 179 Å². The summed E-state index contributed by atoms with van der Waals surface area (Å²) in [7, 11) is 0. The standard InChI is InChI=1S/C21H25N3O7/c1-12-5-3-7-15(13(12)2)22-17(25)11-31-18(26)9-10-23-20(27)14-6-4-8-16(24(29)30)19(14)21(23)28/h4,6,8,12-13,15H,3,5,7,9-11H2,1-2H3,(H,22,25)/t12-,13+,15+/m1/s1. The van der Waals surface area contributed by atoms with Crippen LogP contribution < -0.4 is 5.32 Å². The first-order valence-electron chi connectivity index (χ1n) is 10.3. The molecule has 2 aliphatic rings. The molecule has 31 heavy (non-hydrogen) atoms. The fourth-order valence-corrected chi connectivity index (χ4v) is 4.13. The molecule has 3 rings (SSSR count). The average Bonchev–Trinajstić information content (AvgIpc) is 2.98. The molecule has 0 aromatic heterocycles. The second kappa shape index (κ2) is 9.23. The van der Waals surface area contributed by atoms with Crippen LogP contribution in [0.2, 0.25) is 0 Å². The number of benzene rings is 1. The summed E-state index contributed by atoms with van der Waals surface area (Å²) in [5, 5.41) is 14.0. The third kappa shape index (κ3) is 4.73. The molecule has 1 N–H and O–H groups in total. The topological polar surface area (TPSA) is 136 Å². The Hall–Kier alpha value is -3.30. The largest absolute Gasteiger partial charge is 0.456 e. The van der Waals surface area contributed by atoms with Crippen LogP contribution in [0, 0.1) is 22.0 Å². The molecule has 1 fully saturated rings. The van der Waals surface area contributed by atoms with Gasteiger partial charge in [-0.05, 0) is 24.3 Å². The molecule has 1 heterocycles. The van der Waals surface area contributed by atoms with Gasteiger partial charge in [-0.25, -0.2) is 0 Å². The fourth-order valence-electron chi connectivity index (χ4n) is 4.13. The Morgan fingerprint density at radius 1 is 1.23 bits per heavy atom. The van der Waals surface area contributed by atoms with Crippen molar-refractivity contribution in [2.24, 2.45) is 11.8 Å². The van der Waals surface area contributed by atoms with Crippen LogP contribution in [0.4, 0.5) is 5.69 Å². The van der Waals surface area contributed by atoms with Gasteiger partial charge >= 0.3 is 5.97 Å². The van der Waals surface area contributed by atoms with Gasteiger partial charge in [-0.2, -0.15) is 0 Å². The highest BCUT2D eigenvalue weighted by Crippen LogP contribution is 2.31. The maximum Gasteiger partial charge on any atom is 0.308 e. The van der Waals surface area contributed by atoms with E-state index >= 15 is 0 Å². The van der Waals surface area contributed by atoms with Gasteiger partial charge in [0, 0.05) is 18.7 Å². The molecule has 0 bridgehead atoms. The first-order chi connectivity index (χ1) is 14.7. The van der Waals surface area contributed by atoms with Gasteiger partial charge in [0.1, 0.15) is 5.56 Å². The van der Waals surface area contributed by atoms with Crippen molar-refractivity contribution < 1.29 is 28.8 Å². The Morgan fingerprint density at radius 2 is 1.97 bits per heavy atom. The molecule has 0 unspecified atom stereocenters. The highest BCUT2D eigenvalue weighted by atomic mass is 16.6. The van der Waals surface area contributed by atoms with Gasteiger partial charge < -0.3 is 10.1 Å². The van der Waals surface area contributed by atoms with Crippen molar-refractivity contribution in [2.45, 2.75) is 45.6 Å². The van der Waals surface area contributed by atoms with E-state index in [0.29, 0.717) is 11.8 Å². The van der Waals surface area contributed by atoms with E-state index in [1.54, 1.807) is 0 Å². The summed E-state index contributed by atoms with van der Waals surface area (Å²) in [6.45, 7) is 3.51.